The highest BCUT2D eigenvalue weighted by Gasteiger charge is 2.29. The van der Waals surface area contributed by atoms with Gasteiger partial charge in [-0.2, -0.15) is 0 Å². The largest absolute Gasteiger partial charge is 0.310 e. The van der Waals surface area contributed by atoms with E-state index in [9.17, 15) is 0 Å². The quantitative estimate of drug-likeness (QED) is 0.650. The van der Waals surface area contributed by atoms with Crippen LogP contribution in [0, 0.1) is 0 Å². The average Bonchev–Trinajstić information content (AvgIpc) is 2.23. The zero-order chi connectivity index (χ0) is 9.97. The van der Waals surface area contributed by atoms with Crippen LogP contribution in [0.1, 0.15) is 33.1 Å². The highest BCUT2D eigenvalue weighted by atomic mass is 15.3. The van der Waals surface area contributed by atoms with Gasteiger partial charge in [0.05, 0.1) is 6.17 Å². The maximum absolute atomic E-state index is 3.70. The number of hydrogen-bond acceptors (Lipinski definition) is 3. The lowest BCUT2D eigenvalue weighted by atomic mass is 10.1. The molecule has 2 rings (SSSR count). The first kappa shape index (κ1) is 10.4. The molecule has 0 amide bonds. The molecule has 82 valence electrons. The lowest BCUT2D eigenvalue weighted by Crippen LogP contribution is -2.65. The SMILES string of the molecule is CC1CNC(C)C(N2CCCCC2)N1. The van der Waals surface area contributed by atoms with Crippen LogP contribution in [0.15, 0.2) is 0 Å². The molecule has 14 heavy (non-hydrogen) atoms. The van der Waals surface area contributed by atoms with Gasteiger partial charge in [-0.3, -0.25) is 10.2 Å². The van der Waals surface area contributed by atoms with Gasteiger partial charge < -0.3 is 5.32 Å². The Kier molecular flexibility index (Phi) is 3.42. The van der Waals surface area contributed by atoms with Crippen molar-refractivity contribution in [2.24, 2.45) is 0 Å². The molecule has 2 aliphatic rings. The number of piperazine rings is 1. The molecule has 2 aliphatic heterocycles. The summed E-state index contributed by atoms with van der Waals surface area (Å²) in [4.78, 5) is 2.61. The van der Waals surface area contributed by atoms with E-state index in [-0.39, 0.29) is 0 Å². The van der Waals surface area contributed by atoms with E-state index in [4.69, 9.17) is 0 Å². The van der Waals surface area contributed by atoms with Crippen molar-refractivity contribution in [2.45, 2.75) is 51.4 Å². The predicted molar refractivity (Wildman–Crippen MR) is 59.3 cm³/mol. The molecule has 0 aromatic carbocycles. The van der Waals surface area contributed by atoms with Gasteiger partial charge in [0.15, 0.2) is 0 Å². The molecule has 0 spiro atoms. The van der Waals surface area contributed by atoms with Gasteiger partial charge in [0.2, 0.25) is 0 Å². The lowest BCUT2D eigenvalue weighted by molar-refractivity contribution is 0.0813. The van der Waals surface area contributed by atoms with Crippen LogP contribution < -0.4 is 10.6 Å². The van der Waals surface area contributed by atoms with Crippen molar-refractivity contribution in [1.82, 2.24) is 15.5 Å². The van der Waals surface area contributed by atoms with E-state index in [0.717, 1.165) is 6.54 Å². The van der Waals surface area contributed by atoms with Crippen LogP contribution in [0.3, 0.4) is 0 Å². The molecule has 3 unspecified atom stereocenters. The van der Waals surface area contributed by atoms with E-state index >= 15 is 0 Å². The van der Waals surface area contributed by atoms with Crippen molar-refractivity contribution < 1.29 is 0 Å². The summed E-state index contributed by atoms with van der Waals surface area (Å²) in [7, 11) is 0. The van der Waals surface area contributed by atoms with Gasteiger partial charge in [-0.1, -0.05) is 6.42 Å². The predicted octanol–water partition coefficient (Wildman–Crippen LogP) is 0.768. The Labute approximate surface area is 87.2 Å². The molecular formula is C11H23N3. The van der Waals surface area contributed by atoms with Crippen LogP contribution in [0.5, 0.6) is 0 Å². The Bertz CT molecular complexity index is 177. The normalized spacial score (nSPS) is 41.1. The van der Waals surface area contributed by atoms with Crippen molar-refractivity contribution in [3.05, 3.63) is 0 Å². The second-order valence-electron chi connectivity index (χ2n) is 4.81. The number of likely N-dealkylation sites (tertiary alicyclic amines) is 1. The van der Waals surface area contributed by atoms with Crippen LogP contribution in [0.25, 0.3) is 0 Å². The van der Waals surface area contributed by atoms with Gasteiger partial charge in [-0.25, -0.2) is 0 Å². The van der Waals surface area contributed by atoms with E-state index in [1.165, 1.54) is 32.4 Å². The van der Waals surface area contributed by atoms with Crippen LogP contribution >= 0.6 is 0 Å². The number of hydrogen-bond donors (Lipinski definition) is 2. The molecule has 0 radical (unpaired) electrons. The summed E-state index contributed by atoms with van der Waals surface area (Å²) in [6.45, 7) is 8.20. The third-order valence-electron chi connectivity index (χ3n) is 3.46. The molecule has 0 bridgehead atoms. The van der Waals surface area contributed by atoms with Crippen molar-refractivity contribution >= 4 is 0 Å². The minimum Gasteiger partial charge on any atom is -0.310 e. The molecule has 2 heterocycles. The molecule has 0 aromatic heterocycles. The average molecular weight is 197 g/mol. The summed E-state index contributed by atoms with van der Waals surface area (Å²) in [5, 5.41) is 7.27. The Hall–Kier alpha value is -0.120. The maximum Gasteiger partial charge on any atom is 0.0755 e. The Morgan fingerprint density at radius 2 is 1.79 bits per heavy atom. The molecule has 2 fully saturated rings. The molecule has 0 saturated carbocycles. The van der Waals surface area contributed by atoms with Crippen LogP contribution in [0.4, 0.5) is 0 Å². The van der Waals surface area contributed by atoms with E-state index in [1.54, 1.807) is 0 Å². The molecule has 2 saturated heterocycles. The second-order valence-corrected chi connectivity index (χ2v) is 4.81. The van der Waals surface area contributed by atoms with Crippen molar-refractivity contribution in [3.63, 3.8) is 0 Å². The van der Waals surface area contributed by atoms with Crippen molar-refractivity contribution in [3.8, 4) is 0 Å². The molecule has 2 N–H and O–H groups in total. The first-order chi connectivity index (χ1) is 6.77. The standard InChI is InChI=1S/C11H23N3/c1-9-8-12-10(2)11(13-9)14-6-4-3-5-7-14/h9-13H,3-8H2,1-2H3. The number of nitrogens with zero attached hydrogens (tertiary/aromatic N) is 1. The molecular weight excluding hydrogens is 174 g/mol. The van der Waals surface area contributed by atoms with Gasteiger partial charge in [-0.05, 0) is 39.8 Å². The van der Waals surface area contributed by atoms with E-state index in [2.05, 4.69) is 29.4 Å². The van der Waals surface area contributed by atoms with Crippen molar-refractivity contribution in [1.29, 1.82) is 0 Å². The number of rotatable bonds is 1. The topological polar surface area (TPSA) is 27.3 Å². The Morgan fingerprint density at radius 1 is 1.07 bits per heavy atom. The van der Waals surface area contributed by atoms with E-state index in [1.807, 2.05) is 0 Å². The maximum atomic E-state index is 3.70. The fraction of sp³-hybridized carbons (Fsp3) is 1.00. The third-order valence-corrected chi connectivity index (χ3v) is 3.46. The van der Waals surface area contributed by atoms with E-state index < -0.39 is 0 Å². The van der Waals surface area contributed by atoms with Gasteiger partial charge in [0.25, 0.3) is 0 Å². The first-order valence-corrected chi connectivity index (χ1v) is 6.01. The lowest BCUT2D eigenvalue weighted by Gasteiger charge is -2.43. The molecule has 0 aliphatic carbocycles. The molecule has 0 aromatic rings. The van der Waals surface area contributed by atoms with Gasteiger partial charge in [-0.15, -0.1) is 0 Å². The Morgan fingerprint density at radius 3 is 2.50 bits per heavy atom. The smallest absolute Gasteiger partial charge is 0.0755 e. The molecule has 3 heteroatoms. The van der Waals surface area contributed by atoms with Gasteiger partial charge in [0.1, 0.15) is 0 Å². The minimum atomic E-state index is 0.555. The number of piperidine rings is 1. The summed E-state index contributed by atoms with van der Waals surface area (Å²) in [5.74, 6) is 0. The van der Waals surface area contributed by atoms with Crippen LogP contribution in [-0.4, -0.2) is 42.8 Å². The second kappa shape index (κ2) is 4.60. The molecule has 3 nitrogen and oxygen atoms in total. The van der Waals surface area contributed by atoms with Crippen molar-refractivity contribution in [2.75, 3.05) is 19.6 Å². The molecule has 3 atom stereocenters. The summed E-state index contributed by atoms with van der Waals surface area (Å²) in [6, 6.07) is 1.20. The van der Waals surface area contributed by atoms with Crippen LogP contribution in [-0.2, 0) is 0 Å². The summed E-state index contributed by atoms with van der Waals surface area (Å²) in [5.41, 5.74) is 0. The van der Waals surface area contributed by atoms with Gasteiger partial charge in [0, 0.05) is 18.6 Å². The fourth-order valence-corrected chi connectivity index (χ4v) is 2.59. The van der Waals surface area contributed by atoms with E-state index in [0.29, 0.717) is 18.2 Å². The highest BCUT2D eigenvalue weighted by molar-refractivity contribution is 4.88. The van der Waals surface area contributed by atoms with Gasteiger partial charge >= 0.3 is 0 Å². The number of nitrogens with one attached hydrogen (secondary N) is 2. The summed E-state index contributed by atoms with van der Waals surface area (Å²) in [6.07, 6.45) is 4.72. The van der Waals surface area contributed by atoms with Crippen LogP contribution in [0.2, 0.25) is 0 Å². The Balaban J connectivity index is 1.92. The third kappa shape index (κ3) is 2.27. The zero-order valence-electron chi connectivity index (χ0n) is 9.42. The zero-order valence-corrected chi connectivity index (χ0v) is 9.42. The highest BCUT2D eigenvalue weighted by Crippen LogP contribution is 2.15. The monoisotopic (exact) mass is 197 g/mol. The fourth-order valence-electron chi connectivity index (χ4n) is 2.59. The first-order valence-electron chi connectivity index (χ1n) is 6.01. The minimum absolute atomic E-state index is 0.555. The summed E-state index contributed by atoms with van der Waals surface area (Å²) >= 11 is 0. The summed E-state index contributed by atoms with van der Waals surface area (Å²) < 4.78 is 0.